The van der Waals surface area contributed by atoms with Gasteiger partial charge in [0.05, 0.1) is 32.0 Å². The molecule has 258 valence electrons. The van der Waals surface area contributed by atoms with Crippen molar-refractivity contribution in [3.05, 3.63) is 41.7 Å². The van der Waals surface area contributed by atoms with E-state index < -0.39 is 75.4 Å². The fourth-order valence-corrected chi connectivity index (χ4v) is 7.67. The van der Waals surface area contributed by atoms with Crippen molar-refractivity contribution in [1.29, 1.82) is 0 Å². The van der Waals surface area contributed by atoms with Crippen LogP contribution in [-0.2, 0) is 36.7 Å². The lowest BCUT2D eigenvalue weighted by Crippen LogP contribution is -2.35. The molecule has 2 saturated heterocycles. The van der Waals surface area contributed by atoms with Crippen molar-refractivity contribution < 1.29 is 46.2 Å². The second kappa shape index (κ2) is 12.7. The maximum absolute atomic E-state index is 15.1. The molecule has 7 rings (SSSR count). The monoisotopic (exact) mass is 748 g/mol. The molecule has 2 aliphatic rings. The maximum Gasteiger partial charge on any atom is 0.386 e. The number of aliphatic hydroxyl groups excluding tert-OH is 1. The van der Waals surface area contributed by atoms with E-state index in [2.05, 4.69) is 54.4 Å². The van der Waals surface area contributed by atoms with Crippen molar-refractivity contribution in [3.63, 3.8) is 0 Å². The number of halogens is 1. The van der Waals surface area contributed by atoms with Gasteiger partial charge in [0.1, 0.15) is 42.0 Å². The first-order chi connectivity index (χ1) is 22.9. The Labute approximate surface area is 278 Å². The highest BCUT2D eigenvalue weighted by molar-refractivity contribution is 8.44. The van der Waals surface area contributed by atoms with Crippen molar-refractivity contribution in [2.24, 2.45) is 0 Å². The molecule has 0 bridgehead atoms. The number of imidazole rings is 3. The summed E-state index contributed by atoms with van der Waals surface area (Å²) >= 11 is 7.91. The van der Waals surface area contributed by atoms with Gasteiger partial charge in [0.25, 0.3) is 5.56 Å². The average Bonchev–Trinajstić information content (AvgIpc) is 3.88. The summed E-state index contributed by atoms with van der Waals surface area (Å²) in [5.41, 5.74) is 6.05. The van der Waals surface area contributed by atoms with Gasteiger partial charge < -0.3 is 29.8 Å². The van der Waals surface area contributed by atoms with Crippen LogP contribution in [0.25, 0.3) is 28.1 Å². The fourth-order valence-electron chi connectivity index (χ4n) is 5.52. The Bertz CT molecular complexity index is 2150. The van der Waals surface area contributed by atoms with Crippen LogP contribution in [0, 0.1) is 0 Å². The van der Waals surface area contributed by atoms with Crippen LogP contribution >= 0.6 is 38.1 Å². The molecule has 2 fully saturated rings. The van der Waals surface area contributed by atoms with E-state index in [1.807, 2.05) is 0 Å². The number of hydrogen-bond donors (Lipinski definition) is 5. The Hall–Kier alpha value is -2.95. The van der Waals surface area contributed by atoms with E-state index in [0.29, 0.717) is 0 Å². The quantitative estimate of drug-likeness (QED) is 0.0955. The van der Waals surface area contributed by atoms with Gasteiger partial charge >= 0.3 is 13.6 Å². The number of thiol groups is 2. The zero-order valence-electron chi connectivity index (χ0n) is 24.5. The molecule has 7 heterocycles. The Morgan fingerprint density at radius 3 is 2.60 bits per heavy atom. The molecule has 0 amide bonds. The van der Waals surface area contributed by atoms with Gasteiger partial charge in [-0.2, -0.15) is 0 Å². The van der Waals surface area contributed by atoms with Gasteiger partial charge in [-0.1, -0.05) is 24.5 Å². The molecule has 5 aromatic rings. The molecular formula is C23H27FN10O10P2S2. The average molecular weight is 749 g/mol. The lowest BCUT2D eigenvalue weighted by Gasteiger charge is -2.25. The largest absolute Gasteiger partial charge is 0.386 e. The molecule has 0 aromatic carbocycles. The molecule has 2 aliphatic heterocycles. The van der Waals surface area contributed by atoms with E-state index in [0.717, 1.165) is 7.11 Å². The first-order valence-electron chi connectivity index (χ1n) is 14.0. The number of hydrogen-bond acceptors (Lipinski definition) is 16. The minimum Gasteiger partial charge on any atom is -0.386 e. The normalized spacial score (nSPS) is 28.8. The van der Waals surface area contributed by atoms with Gasteiger partial charge in [-0.05, 0) is 0 Å². The number of aromatic nitrogens is 9. The first-order valence-corrected chi connectivity index (χ1v) is 19.4. The van der Waals surface area contributed by atoms with Crippen LogP contribution < -0.4 is 11.3 Å². The summed E-state index contributed by atoms with van der Waals surface area (Å²) in [5, 5.41) is 11.4. The Balaban J connectivity index is 1.08. The standard InChI is InChI=1S/C23H27FN10O10P2S2/c1-39-45(37,47)41-6-12-16(15(35)22(43-12)34-9-30-14-19(34)31-23-26-2-3-32(23)20(14)36)44-46(38,48)40-5-10-4-11(24)21(42-10)33-8-29-13-17(25)27-7-28-18(13)33/h2-3,7-12,15-16,21-22,35H,4-6H2,1H3,(H,26,31)(H,37,47)(H,38,48)(H2,25,27,28)/t10-,11+,12+,15+,16+,21+,22+,45?,46?/m0/s1. The smallest absolute Gasteiger partial charge is 0.386 e. The molecule has 9 atom stereocenters. The van der Waals surface area contributed by atoms with Crippen LogP contribution in [-0.4, -0.2) is 99.5 Å². The molecule has 5 aromatic heterocycles. The summed E-state index contributed by atoms with van der Waals surface area (Å²) in [7, 11) is 1.12. The molecule has 4 N–H and O–H groups in total. The van der Waals surface area contributed by atoms with Gasteiger partial charge in [-0.15, -0.1) is 0 Å². The third-order valence-electron chi connectivity index (χ3n) is 7.77. The summed E-state index contributed by atoms with van der Waals surface area (Å²) < 4.78 is 77.9. The maximum atomic E-state index is 15.1. The molecule has 48 heavy (non-hydrogen) atoms. The van der Waals surface area contributed by atoms with Crippen molar-refractivity contribution in [3.8, 4) is 0 Å². The summed E-state index contributed by atoms with van der Waals surface area (Å²) in [5.74, 6) is 0.317. The van der Waals surface area contributed by atoms with Crippen LogP contribution in [0.15, 0.2) is 36.2 Å². The number of fused-ring (bicyclic) bond motifs is 3. The lowest BCUT2D eigenvalue weighted by molar-refractivity contribution is -0.0482. The topological polar surface area (TPSA) is 247 Å². The minimum absolute atomic E-state index is 0.0107. The SMILES string of the molecule is COP(=O)(S)OC[C@H]1O[C@@H](n2cnc3c(=O)n4ccnc4[nH]c32)[C@H](O)[C@@H]1OP(=O)(S)OC[C@@H]1C[C@@H](F)[C@H](n2cnc3c(N)ncnc32)O1. The van der Waals surface area contributed by atoms with Crippen molar-refractivity contribution in [1.82, 2.24) is 43.4 Å². The van der Waals surface area contributed by atoms with E-state index in [-0.39, 0.29) is 40.3 Å². The molecule has 20 nitrogen and oxygen atoms in total. The number of aromatic amines is 1. The predicted octanol–water partition coefficient (Wildman–Crippen LogP) is 1.82. The van der Waals surface area contributed by atoms with E-state index >= 15 is 4.39 Å². The minimum atomic E-state index is -4.34. The van der Waals surface area contributed by atoms with Crippen molar-refractivity contribution in [2.45, 2.75) is 49.5 Å². The van der Waals surface area contributed by atoms with Crippen molar-refractivity contribution in [2.75, 3.05) is 26.1 Å². The van der Waals surface area contributed by atoms with E-state index in [1.165, 1.54) is 44.9 Å². The number of nitrogens with one attached hydrogen (secondary N) is 1. The van der Waals surface area contributed by atoms with Crippen molar-refractivity contribution >= 4 is 72.0 Å². The predicted molar refractivity (Wildman–Crippen MR) is 169 cm³/mol. The van der Waals surface area contributed by atoms with E-state index in [1.54, 1.807) is 0 Å². The number of H-pyrrole nitrogens is 1. The molecule has 0 radical (unpaired) electrons. The fraction of sp³-hybridized carbons (Fsp3) is 0.478. The van der Waals surface area contributed by atoms with Gasteiger partial charge in [-0.25, -0.2) is 42.8 Å². The first kappa shape index (κ1) is 33.5. The molecule has 2 unspecified atom stereocenters. The number of nitrogens with two attached hydrogens (primary N) is 1. The summed E-state index contributed by atoms with van der Waals surface area (Å²) in [6.07, 6.45) is -2.66. The van der Waals surface area contributed by atoms with Gasteiger partial charge in [-0.3, -0.25) is 27.5 Å². The summed E-state index contributed by atoms with van der Waals surface area (Å²) in [6.45, 7) is -9.12. The summed E-state index contributed by atoms with van der Waals surface area (Å²) in [6, 6.07) is 0. The second-order valence-corrected chi connectivity index (χ2v) is 16.6. The zero-order valence-corrected chi connectivity index (χ0v) is 28.1. The van der Waals surface area contributed by atoms with Crippen LogP contribution in [0.3, 0.4) is 0 Å². The van der Waals surface area contributed by atoms with Gasteiger partial charge in [0.2, 0.25) is 5.78 Å². The summed E-state index contributed by atoms with van der Waals surface area (Å²) in [4.78, 5) is 36.2. The molecule has 0 aliphatic carbocycles. The van der Waals surface area contributed by atoms with Gasteiger partial charge in [0.15, 0.2) is 29.4 Å². The number of anilines is 1. The number of aliphatic hydroxyl groups is 1. The number of nitrogens with zero attached hydrogens (tertiary/aromatic N) is 8. The van der Waals surface area contributed by atoms with Gasteiger partial charge in [0, 0.05) is 25.9 Å². The zero-order chi connectivity index (χ0) is 34.0. The van der Waals surface area contributed by atoms with Crippen LogP contribution in [0.5, 0.6) is 0 Å². The molecule has 0 spiro atoms. The molecule has 0 saturated carbocycles. The third kappa shape index (κ3) is 6.17. The molecular weight excluding hydrogens is 721 g/mol. The van der Waals surface area contributed by atoms with E-state index in [9.17, 15) is 19.0 Å². The highest BCUT2D eigenvalue weighted by atomic mass is 32.7. The van der Waals surface area contributed by atoms with Crippen LogP contribution in [0.2, 0.25) is 0 Å². The van der Waals surface area contributed by atoms with Crippen LogP contribution in [0.4, 0.5) is 10.2 Å². The third-order valence-corrected chi connectivity index (χ3v) is 11.2. The Morgan fingerprint density at radius 1 is 1.06 bits per heavy atom. The van der Waals surface area contributed by atoms with Crippen LogP contribution in [0.1, 0.15) is 18.9 Å². The number of rotatable bonds is 11. The highest BCUT2D eigenvalue weighted by Gasteiger charge is 2.50. The number of alkyl halides is 1. The Kier molecular flexibility index (Phi) is 8.90. The van der Waals surface area contributed by atoms with E-state index in [4.69, 9.17) is 33.3 Å². The lowest BCUT2D eigenvalue weighted by atomic mass is 10.1. The Morgan fingerprint density at radius 2 is 1.81 bits per heavy atom. The highest BCUT2D eigenvalue weighted by Crippen LogP contribution is 2.57. The number of ether oxygens (including phenoxy) is 2. The molecule has 25 heteroatoms. The number of nitrogen functional groups attached to an aromatic ring is 1. The second-order valence-electron chi connectivity index (χ2n) is 10.7.